The van der Waals surface area contributed by atoms with Gasteiger partial charge in [0, 0.05) is 32.2 Å². The van der Waals surface area contributed by atoms with Crippen molar-refractivity contribution in [2.45, 2.75) is 49.7 Å². The second kappa shape index (κ2) is 10.3. The van der Waals surface area contributed by atoms with Gasteiger partial charge in [0.05, 0.1) is 25.3 Å². The largest absolute Gasteiger partial charge is 0.497 e. The predicted octanol–water partition coefficient (Wildman–Crippen LogP) is 2.49. The normalized spacial score (nSPS) is 26.6. The van der Waals surface area contributed by atoms with Crippen LogP contribution < -0.4 is 14.8 Å². The Morgan fingerprint density at radius 1 is 1.03 bits per heavy atom. The van der Waals surface area contributed by atoms with Crippen LogP contribution in [0, 0.1) is 0 Å². The van der Waals surface area contributed by atoms with Crippen LogP contribution in [0.25, 0.3) is 0 Å². The highest BCUT2D eigenvalue weighted by Gasteiger charge is 2.48. The van der Waals surface area contributed by atoms with Crippen molar-refractivity contribution in [2.75, 3.05) is 27.3 Å². The fourth-order valence-electron chi connectivity index (χ4n) is 4.82. The molecule has 1 aliphatic heterocycles. The summed E-state index contributed by atoms with van der Waals surface area (Å²) < 4.78 is 16.9. The first-order valence-electron chi connectivity index (χ1n) is 11.2. The highest BCUT2D eigenvalue weighted by molar-refractivity contribution is 5.94. The van der Waals surface area contributed by atoms with Crippen molar-refractivity contribution in [3.8, 4) is 11.5 Å². The molecule has 7 nitrogen and oxygen atoms in total. The van der Waals surface area contributed by atoms with Gasteiger partial charge in [0.25, 0.3) is 5.91 Å². The summed E-state index contributed by atoms with van der Waals surface area (Å²) in [4.78, 5) is 15.3. The standard InChI is InChI=1S/C25H32N2O5/c1-30-18-11-13-27(14-12-18)23-21(26-25(29)17-7-6-10-20(15-17)31-2)16-22(24(23)28)32-19-8-4-3-5-9-19/h3-10,15,18,21-24,28H,11-14,16H2,1-2H3,(H,26,29)/t21-,22-,23+,24+/m1/s1. The number of aliphatic hydroxyl groups is 1. The molecule has 4 atom stereocenters. The zero-order valence-electron chi connectivity index (χ0n) is 18.6. The Labute approximate surface area is 189 Å². The third-order valence-corrected chi connectivity index (χ3v) is 6.54. The van der Waals surface area contributed by atoms with Crippen LogP contribution >= 0.6 is 0 Å². The van der Waals surface area contributed by atoms with E-state index in [1.165, 1.54) is 0 Å². The minimum Gasteiger partial charge on any atom is -0.497 e. The van der Waals surface area contributed by atoms with Crippen molar-refractivity contribution in [1.29, 1.82) is 0 Å². The number of carbonyl (C=O) groups excluding carboxylic acids is 1. The Balaban J connectivity index is 1.51. The summed E-state index contributed by atoms with van der Waals surface area (Å²) in [6.45, 7) is 1.62. The van der Waals surface area contributed by atoms with Gasteiger partial charge in [-0.15, -0.1) is 0 Å². The number of likely N-dealkylation sites (tertiary alicyclic amines) is 1. The molecule has 0 bridgehead atoms. The maximum Gasteiger partial charge on any atom is 0.251 e. The van der Waals surface area contributed by atoms with Gasteiger partial charge in [0.1, 0.15) is 23.7 Å². The van der Waals surface area contributed by atoms with Gasteiger partial charge in [0.2, 0.25) is 0 Å². The van der Waals surface area contributed by atoms with E-state index in [-0.39, 0.29) is 24.1 Å². The van der Waals surface area contributed by atoms with E-state index in [9.17, 15) is 9.90 Å². The third-order valence-electron chi connectivity index (χ3n) is 6.54. The summed E-state index contributed by atoms with van der Waals surface area (Å²) in [5.41, 5.74) is 0.531. The molecule has 2 fully saturated rings. The molecule has 2 N–H and O–H groups in total. The number of ether oxygens (including phenoxy) is 3. The molecule has 0 spiro atoms. The average Bonchev–Trinajstić information content (AvgIpc) is 3.14. The van der Waals surface area contributed by atoms with Crippen molar-refractivity contribution in [1.82, 2.24) is 10.2 Å². The molecule has 1 amide bonds. The van der Waals surface area contributed by atoms with Crippen LogP contribution in [-0.4, -0.2) is 73.6 Å². The number of rotatable bonds is 7. The lowest BCUT2D eigenvalue weighted by molar-refractivity contribution is -0.0228. The molecule has 172 valence electrons. The van der Waals surface area contributed by atoms with Gasteiger partial charge in [0.15, 0.2) is 0 Å². The summed E-state index contributed by atoms with van der Waals surface area (Å²) in [7, 11) is 3.32. The molecule has 1 heterocycles. The Kier molecular flexibility index (Phi) is 7.29. The zero-order chi connectivity index (χ0) is 22.5. The Morgan fingerprint density at radius 3 is 2.44 bits per heavy atom. The summed E-state index contributed by atoms with van der Waals surface area (Å²) in [6, 6.07) is 16.1. The summed E-state index contributed by atoms with van der Waals surface area (Å²) in [5, 5.41) is 14.4. The number of nitrogens with zero attached hydrogens (tertiary/aromatic N) is 1. The zero-order valence-corrected chi connectivity index (χ0v) is 18.6. The van der Waals surface area contributed by atoms with Crippen LogP contribution in [-0.2, 0) is 4.74 Å². The molecular formula is C25H32N2O5. The van der Waals surface area contributed by atoms with Crippen LogP contribution in [0.15, 0.2) is 54.6 Å². The smallest absolute Gasteiger partial charge is 0.251 e. The van der Waals surface area contributed by atoms with Gasteiger partial charge in [-0.3, -0.25) is 9.69 Å². The van der Waals surface area contributed by atoms with Crippen molar-refractivity contribution in [3.05, 3.63) is 60.2 Å². The lowest BCUT2D eigenvalue weighted by Gasteiger charge is -2.39. The average molecular weight is 441 g/mol. The van der Waals surface area contributed by atoms with Crippen LogP contribution in [0.2, 0.25) is 0 Å². The van der Waals surface area contributed by atoms with E-state index in [1.54, 1.807) is 32.4 Å². The lowest BCUT2D eigenvalue weighted by Crippen LogP contribution is -2.56. The minimum absolute atomic E-state index is 0.182. The van der Waals surface area contributed by atoms with Crippen molar-refractivity contribution in [3.63, 3.8) is 0 Å². The molecule has 1 saturated heterocycles. The Morgan fingerprint density at radius 2 is 1.75 bits per heavy atom. The van der Waals surface area contributed by atoms with Crippen LogP contribution in [0.4, 0.5) is 0 Å². The molecule has 0 unspecified atom stereocenters. The SMILES string of the molecule is COc1cccc(C(=O)N[C@@H]2C[C@@H](Oc3ccccc3)[C@H](O)[C@H]2N2CCC(OC)CC2)c1. The molecule has 2 aromatic carbocycles. The molecule has 32 heavy (non-hydrogen) atoms. The number of hydrogen-bond donors (Lipinski definition) is 2. The Hall–Kier alpha value is -2.61. The highest BCUT2D eigenvalue weighted by atomic mass is 16.5. The molecular weight excluding hydrogens is 408 g/mol. The lowest BCUT2D eigenvalue weighted by atomic mass is 10.0. The first kappa shape index (κ1) is 22.6. The van der Waals surface area contributed by atoms with Crippen LogP contribution in [0.5, 0.6) is 11.5 Å². The fraction of sp³-hybridized carbons (Fsp3) is 0.480. The maximum absolute atomic E-state index is 13.0. The van der Waals surface area contributed by atoms with E-state index in [4.69, 9.17) is 14.2 Å². The first-order valence-corrected chi connectivity index (χ1v) is 11.2. The molecule has 4 rings (SSSR count). The predicted molar refractivity (Wildman–Crippen MR) is 121 cm³/mol. The molecule has 2 aliphatic rings. The number of aliphatic hydroxyl groups excluding tert-OH is 1. The quantitative estimate of drug-likeness (QED) is 0.689. The molecule has 7 heteroatoms. The number of carbonyl (C=O) groups is 1. The van der Waals surface area contributed by atoms with Gasteiger partial charge >= 0.3 is 0 Å². The number of nitrogens with one attached hydrogen (secondary N) is 1. The number of methoxy groups -OCH3 is 2. The summed E-state index contributed by atoms with van der Waals surface area (Å²) in [6.07, 6.45) is 1.45. The monoisotopic (exact) mass is 440 g/mol. The van der Waals surface area contributed by atoms with E-state index in [0.717, 1.165) is 25.9 Å². The number of hydrogen-bond acceptors (Lipinski definition) is 6. The van der Waals surface area contributed by atoms with Gasteiger partial charge in [-0.1, -0.05) is 24.3 Å². The van der Waals surface area contributed by atoms with Crippen LogP contribution in [0.1, 0.15) is 29.6 Å². The molecule has 0 radical (unpaired) electrons. The number of amides is 1. The number of benzene rings is 2. The molecule has 0 aromatic heterocycles. The molecule has 2 aromatic rings. The topological polar surface area (TPSA) is 80.3 Å². The van der Waals surface area contributed by atoms with Gasteiger partial charge in [-0.25, -0.2) is 0 Å². The van der Waals surface area contributed by atoms with E-state index < -0.39 is 12.2 Å². The fourth-order valence-corrected chi connectivity index (χ4v) is 4.82. The van der Waals surface area contributed by atoms with Crippen LogP contribution in [0.3, 0.4) is 0 Å². The van der Waals surface area contributed by atoms with Crippen molar-refractivity contribution < 1.29 is 24.1 Å². The van der Waals surface area contributed by atoms with E-state index in [1.807, 2.05) is 36.4 Å². The highest BCUT2D eigenvalue weighted by Crippen LogP contribution is 2.31. The minimum atomic E-state index is -0.718. The maximum atomic E-state index is 13.0. The van der Waals surface area contributed by atoms with E-state index >= 15 is 0 Å². The second-order valence-electron chi connectivity index (χ2n) is 8.47. The van der Waals surface area contributed by atoms with E-state index in [2.05, 4.69) is 10.2 Å². The summed E-state index contributed by atoms with van der Waals surface area (Å²) >= 11 is 0. The molecule has 1 saturated carbocycles. The van der Waals surface area contributed by atoms with E-state index in [0.29, 0.717) is 23.5 Å². The number of piperidine rings is 1. The van der Waals surface area contributed by atoms with Crippen molar-refractivity contribution >= 4 is 5.91 Å². The van der Waals surface area contributed by atoms with Gasteiger partial charge < -0.3 is 24.6 Å². The summed E-state index contributed by atoms with van der Waals surface area (Å²) in [5.74, 6) is 1.17. The first-order chi connectivity index (χ1) is 15.6. The second-order valence-corrected chi connectivity index (χ2v) is 8.47. The Bertz CT molecular complexity index is 885. The molecule has 1 aliphatic carbocycles. The van der Waals surface area contributed by atoms with Gasteiger partial charge in [-0.05, 0) is 43.2 Å². The third kappa shape index (κ3) is 5.06. The number of para-hydroxylation sites is 1. The van der Waals surface area contributed by atoms with Gasteiger partial charge in [-0.2, -0.15) is 0 Å². The van der Waals surface area contributed by atoms with Crippen molar-refractivity contribution in [2.24, 2.45) is 0 Å².